The number of carbonyl (C=O) groups is 1. The summed E-state index contributed by atoms with van der Waals surface area (Å²) in [5, 5.41) is 2.37. The van der Waals surface area contributed by atoms with E-state index >= 15 is 0 Å². The molecule has 0 saturated carbocycles. The first-order valence-corrected chi connectivity index (χ1v) is 4.96. The normalized spacial score (nSPS) is 10.2. The maximum Gasteiger partial charge on any atom is 0.435 e. The van der Waals surface area contributed by atoms with E-state index in [0.717, 1.165) is 0 Å². The van der Waals surface area contributed by atoms with Crippen LogP contribution in [0.1, 0.15) is 0 Å². The molecule has 1 aromatic carbocycles. The maximum absolute atomic E-state index is 11.5. The molecule has 0 saturated heterocycles. The molecule has 0 unspecified atom stereocenters. The molecule has 1 aromatic heterocycles. The van der Waals surface area contributed by atoms with Crippen molar-refractivity contribution in [2.45, 2.75) is 6.54 Å². The molecule has 17 heavy (non-hydrogen) atoms. The first-order chi connectivity index (χ1) is 8.22. The van der Waals surface area contributed by atoms with Gasteiger partial charge < -0.3 is 4.74 Å². The van der Waals surface area contributed by atoms with Gasteiger partial charge in [-0.15, -0.1) is 0 Å². The van der Waals surface area contributed by atoms with Crippen molar-refractivity contribution in [2.75, 3.05) is 7.11 Å². The number of rotatable bonds is 3. The van der Waals surface area contributed by atoms with Crippen molar-refractivity contribution in [1.82, 2.24) is 5.27 Å². The molecule has 6 nitrogen and oxygen atoms in total. The van der Waals surface area contributed by atoms with Crippen molar-refractivity contribution in [3.05, 3.63) is 40.8 Å². The zero-order chi connectivity index (χ0) is 12.3. The number of ether oxygens (including phenoxy) is 1. The average Bonchev–Trinajstić information content (AvgIpc) is 2.71. The van der Waals surface area contributed by atoms with Crippen molar-refractivity contribution in [3.8, 4) is 11.3 Å². The minimum absolute atomic E-state index is 0.105. The van der Waals surface area contributed by atoms with Gasteiger partial charge in [0, 0.05) is 0 Å². The Hall–Kier alpha value is -2.37. The smallest absolute Gasteiger partial charge is 0.435 e. The molecular weight excluding hydrogens is 224 g/mol. The Kier molecular flexibility index (Phi) is 3.04. The summed E-state index contributed by atoms with van der Waals surface area (Å²) in [6.07, 6.45) is 0. The van der Waals surface area contributed by atoms with Crippen LogP contribution >= 0.6 is 0 Å². The van der Waals surface area contributed by atoms with Gasteiger partial charge in [0.1, 0.15) is 0 Å². The van der Waals surface area contributed by atoms with E-state index < -0.39 is 11.6 Å². The largest absolute Gasteiger partial charge is 0.464 e. The van der Waals surface area contributed by atoms with Gasteiger partial charge in [-0.05, 0) is 17.4 Å². The SMILES string of the molecule is COC(=O)C[n+]1[nH]oc(=O)c1-c1ccccc1. The molecule has 0 fully saturated rings. The van der Waals surface area contributed by atoms with Crippen LogP contribution in [0.3, 0.4) is 0 Å². The molecule has 0 bridgehead atoms. The zero-order valence-corrected chi connectivity index (χ0v) is 9.17. The summed E-state index contributed by atoms with van der Waals surface area (Å²) in [7, 11) is 1.28. The molecule has 2 aromatic rings. The Balaban J connectivity index is 2.44. The van der Waals surface area contributed by atoms with Crippen LogP contribution in [0.4, 0.5) is 0 Å². The van der Waals surface area contributed by atoms with Crippen molar-refractivity contribution < 1.29 is 18.7 Å². The van der Waals surface area contributed by atoms with Gasteiger partial charge in [0.15, 0.2) is 0 Å². The number of esters is 1. The lowest BCUT2D eigenvalue weighted by Gasteiger charge is -1.94. The molecule has 1 heterocycles. The average molecular weight is 235 g/mol. The van der Waals surface area contributed by atoms with Crippen LogP contribution in [0, 0.1) is 0 Å². The highest BCUT2D eigenvalue weighted by Gasteiger charge is 2.25. The Bertz CT molecular complexity index is 571. The van der Waals surface area contributed by atoms with E-state index in [-0.39, 0.29) is 12.2 Å². The van der Waals surface area contributed by atoms with Crippen LogP contribution in [0.5, 0.6) is 0 Å². The number of aromatic nitrogens is 2. The van der Waals surface area contributed by atoms with Gasteiger partial charge in [-0.1, -0.05) is 22.9 Å². The third-order valence-corrected chi connectivity index (χ3v) is 2.27. The van der Waals surface area contributed by atoms with Crippen LogP contribution in [0.15, 0.2) is 39.6 Å². The monoisotopic (exact) mass is 235 g/mol. The highest BCUT2D eigenvalue weighted by molar-refractivity contribution is 5.67. The quantitative estimate of drug-likeness (QED) is 0.604. The van der Waals surface area contributed by atoms with Gasteiger partial charge in [0.25, 0.3) is 6.54 Å². The predicted octanol–water partition coefficient (Wildman–Crippen LogP) is 0.0954. The number of nitrogens with zero attached hydrogens (tertiary/aromatic N) is 1. The summed E-state index contributed by atoms with van der Waals surface area (Å²) in [6, 6.07) is 8.94. The lowest BCUT2D eigenvalue weighted by molar-refractivity contribution is -0.742. The van der Waals surface area contributed by atoms with Crippen molar-refractivity contribution in [1.29, 1.82) is 0 Å². The summed E-state index contributed by atoms with van der Waals surface area (Å²) in [5.41, 5.74) is 0.433. The molecule has 88 valence electrons. The predicted molar refractivity (Wildman–Crippen MR) is 57.0 cm³/mol. The number of nitrogens with one attached hydrogen (secondary N) is 1. The van der Waals surface area contributed by atoms with Crippen LogP contribution < -0.4 is 10.3 Å². The Labute approximate surface area is 96.4 Å². The van der Waals surface area contributed by atoms with Crippen LogP contribution in [0.2, 0.25) is 0 Å². The van der Waals surface area contributed by atoms with E-state index in [9.17, 15) is 9.59 Å². The first-order valence-electron chi connectivity index (χ1n) is 4.96. The van der Waals surface area contributed by atoms with Crippen molar-refractivity contribution in [2.24, 2.45) is 0 Å². The molecule has 0 aliphatic carbocycles. The van der Waals surface area contributed by atoms with E-state index in [1.807, 2.05) is 6.07 Å². The summed E-state index contributed by atoms with van der Waals surface area (Å²) in [6.45, 7) is -0.105. The molecule has 0 radical (unpaired) electrons. The van der Waals surface area contributed by atoms with E-state index in [2.05, 4.69) is 14.5 Å². The minimum atomic E-state index is -0.528. The second-order valence-corrected chi connectivity index (χ2v) is 3.36. The van der Waals surface area contributed by atoms with Crippen molar-refractivity contribution in [3.63, 3.8) is 0 Å². The lowest BCUT2D eigenvalue weighted by atomic mass is 10.2. The zero-order valence-electron chi connectivity index (χ0n) is 9.17. The number of methoxy groups -OCH3 is 1. The number of hydrogen-bond acceptors (Lipinski definition) is 4. The Morgan fingerprint density at radius 3 is 2.76 bits per heavy atom. The van der Waals surface area contributed by atoms with Gasteiger partial charge in [0.2, 0.25) is 0 Å². The molecular formula is C11H11N2O4+. The third kappa shape index (κ3) is 2.25. The molecule has 0 spiro atoms. The topological polar surface area (TPSA) is 76.2 Å². The summed E-state index contributed by atoms with van der Waals surface area (Å²) in [4.78, 5) is 22.7. The standard InChI is InChI=1S/C11H10N2O4/c1-16-9(14)7-13-10(11(15)17-12-13)8-5-3-2-4-6-8/h2-6H,7H2,1H3/p+1. The van der Waals surface area contributed by atoms with Gasteiger partial charge >= 0.3 is 17.3 Å². The highest BCUT2D eigenvalue weighted by Crippen LogP contribution is 2.09. The Morgan fingerprint density at radius 1 is 1.41 bits per heavy atom. The summed E-state index contributed by atoms with van der Waals surface area (Å²) >= 11 is 0. The second kappa shape index (κ2) is 4.65. The minimum Gasteiger partial charge on any atom is -0.464 e. The van der Waals surface area contributed by atoms with E-state index in [0.29, 0.717) is 5.56 Å². The van der Waals surface area contributed by atoms with Crippen LogP contribution in [-0.2, 0) is 16.1 Å². The fourth-order valence-corrected chi connectivity index (χ4v) is 1.48. The number of aromatic amines is 1. The molecule has 0 amide bonds. The van der Waals surface area contributed by atoms with Crippen LogP contribution in [0.25, 0.3) is 11.3 Å². The van der Waals surface area contributed by atoms with Crippen molar-refractivity contribution >= 4 is 5.97 Å². The molecule has 1 N–H and O–H groups in total. The first kappa shape index (κ1) is 11.1. The number of hydrogen-bond donors (Lipinski definition) is 1. The Morgan fingerprint density at radius 2 is 2.12 bits per heavy atom. The highest BCUT2D eigenvalue weighted by atomic mass is 16.5. The number of benzene rings is 1. The molecule has 6 heteroatoms. The van der Waals surface area contributed by atoms with Gasteiger partial charge in [-0.3, -0.25) is 4.52 Å². The van der Waals surface area contributed by atoms with Gasteiger partial charge in [-0.25, -0.2) is 9.59 Å². The molecule has 2 rings (SSSR count). The maximum atomic E-state index is 11.5. The molecule has 0 atom stereocenters. The molecule has 0 aliphatic rings. The van der Waals surface area contributed by atoms with E-state index in [4.69, 9.17) is 0 Å². The van der Waals surface area contributed by atoms with Gasteiger partial charge in [0.05, 0.1) is 12.7 Å². The number of carbonyl (C=O) groups excluding carboxylic acids is 1. The molecule has 0 aliphatic heterocycles. The second-order valence-electron chi connectivity index (χ2n) is 3.36. The third-order valence-electron chi connectivity index (χ3n) is 2.27. The van der Waals surface area contributed by atoms with Gasteiger partial charge in [-0.2, -0.15) is 0 Å². The lowest BCUT2D eigenvalue weighted by Crippen LogP contribution is -2.42. The number of H-pyrrole nitrogens is 1. The van der Waals surface area contributed by atoms with Crippen LogP contribution in [-0.4, -0.2) is 18.4 Å². The summed E-state index contributed by atoms with van der Waals surface area (Å²) < 4.78 is 10.5. The summed E-state index contributed by atoms with van der Waals surface area (Å²) in [5.74, 6) is -0.468. The fourth-order valence-electron chi connectivity index (χ4n) is 1.48. The van der Waals surface area contributed by atoms with E-state index in [1.165, 1.54) is 11.8 Å². The van der Waals surface area contributed by atoms with E-state index in [1.54, 1.807) is 24.3 Å². The fraction of sp³-hybridized carbons (Fsp3) is 0.182.